The van der Waals surface area contributed by atoms with Gasteiger partial charge in [0.1, 0.15) is 0 Å². The summed E-state index contributed by atoms with van der Waals surface area (Å²) in [5, 5.41) is 0.769. The summed E-state index contributed by atoms with van der Waals surface area (Å²) in [7, 11) is 2.12. The van der Waals surface area contributed by atoms with Gasteiger partial charge in [-0.15, -0.1) is 0 Å². The molecule has 1 amide bonds. The van der Waals surface area contributed by atoms with Crippen molar-refractivity contribution in [3.05, 3.63) is 0 Å². The van der Waals surface area contributed by atoms with Gasteiger partial charge < -0.3 is 9.80 Å². The van der Waals surface area contributed by atoms with Crippen molar-refractivity contribution in [3.63, 3.8) is 0 Å². The van der Waals surface area contributed by atoms with Gasteiger partial charge in [-0.2, -0.15) is 0 Å². The topological polar surface area (TPSA) is 23.6 Å². The number of hydrogen-bond donors (Lipinski definition) is 0. The first kappa shape index (κ1) is 12.0. The molecule has 4 heteroatoms. The number of nitrogens with zero attached hydrogens (tertiary/aromatic N) is 2. The van der Waals surface area contributed by atoms with Crippen LogP contribution in [0.2, 0.25) is 0 Å². The number of halogens is 1. The number of rotatable bonds is 2. The first-order valence-corrected chi connectivity index (χ1v) is 6.31. The van der Waals surface area contributed by atoms with Crippen LogP contribution in [0, 0.1) is 0 Å². The summed E-state index contributed by atoms with van der Waals surface area (Å²) >= 11 is 3.31. The largest absolute Gasteiger partial charge is 0.339 e. The molecule has 0 aromatic carbocycles. The van der Waals surface area contributed by atoms with Crippen molar-refractivity contribution in [2.24, 2.45) is 0 Å². The van der Waals surface area contributed by atoms with Gasteiger partial charge in [-0.05, 0) is 26.9 Å². The monoisotopic (exact) mass is 262 g/mol. The summed E-state index contributed by atoms with van der Waals surface area (Å²) < 4.78 is 0. The van der Waals surface area contributed by atoms with Gasteiger partial charge >= 0.3 is 0 Å². The Kier molecular flexibility index (Phi) is 4.89. The summed E-state index contributed by atoms with van der Waals surface area (Å²) in [6, 6.07) is 0.356. The lowest BCUT2D eigenvalue weighted by molar-refractivity contribution is -0.132. The minimum Gasteiger partial charge on any atom is -0.339 e. The normalized spacial score (nSPS) is 24.8. The van der Waals surface area contributed by atoms with E-state index in [0.29, 0.717) is 12.5 Å². The lowest BCUT2D eigenvalue weighted by Gasteiger charge is -2.27. The van der Waals surface area contributed by atoms with Crippen molar-refractivity contribution in [1.29, 1.82) is 0 Å². The molecule has 0 bridgehead atoms. The summed E-state index contributed by atoms with van der Waals surface area (Å²) in [5.41, 5.74) is 0. The average Bonchev–Trinajstić information content (AvgIpc) is 2.27. The Morgan fingerprint density at radius 2 is 2.21 bits per heavy atom. The van der Waals surface area contributed by atoms with Crippen LogP contribution in [0.1, 0.15) is 19.8 Å². The fraction of sp³-hybridized carbons (Fsp3) is 0.900. The molecule has 0 aromatic heterocycles. The Bertz CT molecular complexity index is 199. The Labute approximate surface area is 94.6 Å². The fourth-order valence-electron chi connectivity index (χ4n) is 1.97. The maximum atomic E-state index is 11.7. The molecule has 1 rings (SSSR count). The second-order valence-corrected chi connectivity index (χ2v) is 4.78. The van der Waals surface area contributed by atoms with Crippen molar-refractivity contribution >= 4 is 21.8 Å². The third-order valence-corrected chi connectivity index (χ3v) is 3.07. The Balaban J connectivity index is 2.53. The standard InChI is InChI=1S/C10H19BrN2O/c1-9-8-12(2)6-3-7-13(9)10(14)4-5-11/h9H,3-8H2,1-2H3. The first-order chi connectivity index (χ1) is 6.65. The van der Waals surface area contributed by atoms with Crippen molar-refractivity contribution in [2.75, 3.05) is 32.0 Å². The van der Waals surface area contributed by atoms with E-state index >= 15 is 0 Å². The van der Waals surface area contributed by atoms with Crippen molar-refractivity contribution in [2.45, 2.75) is 25.8 Å². The van der Waals surface area contributed by atoms with Crippen LogP contribution in [0.3, 0.4) is 0 Å². The minimum atomic E-state index is 0.282. The molecular formula is C10H19BrN2O. The molecule has 3 nitrogen and oxygen atoms in total. The van der Waals surface area contributed by atoms with E-state index < -0.39 is 0 Å². The van der Waals surface area contributed by atoms with Gasteiger partial charge in [0.05, 0.1) is 0 Å². The maximum Gasteiger partial charge on any atom is 0.223 e. The third kappa shape index (κ3) is 3.24. The average molecular weight is 263 g/mol. The molecule has 0 saturated carbocycles. The van der Waals surface area contributed by atoms with E-state index in [1.54, 1.807) is 0 Å². The van der Waals surface area contributed by atoms with Crippen molar-refractivity contribution in [1.82, 2.24) is 9.80 Å². The molecule has 0 radical (unpaired) electrons. The predicted octanol–water partition coefficient (Wildman–Crippen LogP) is 1.32. The van der Waals surface area contributed by atoms with Gasteiger partial charge in [0.15, 0.2) is 0 Å². The number of hydrogen-bond acceptors (Lipinski definition) is 2. The van der Waals surface area contributed by atoms with E-state index in [-0.39, 0.29) is 5.91 Å². The number of carbonyl (C=O) groups is 1. The fourth-order valence-corrected chi connectivity index (χ4v) is 2.31. The lowest BCUT2D eigenvalue weighted by atomic mass is 10.2. The Morgan fingerprint density at radius 3 is 2.86 bits per heavy atom. The summed E-state index contributed by atoms with van der Waals surface area (Å²) in [4.78, 5) is 16.1. The second-order valence-electron chi connectivity index (χ2n) is 3.99. The van der Waals surface area contributed by atoms with Crippen LogP contribution in [0.4, 0.5) is 0 Å². The molecule has 0 aliphatic carbocycles. The number of likely N-dealkylation sites (N-methyl/N-ethyl adjacent to an activating group) is 1. The molecule has 1 atom stereocenters. The SMILES string of the molecule is CC1CN(C)CCCN1C(=O)CCBr. The highest BCUT2D eigenvalue weighted by molar-refractivity contribution is 9.09. The highest BCUT2D eigenvalue weighted by Crippen LogP contribution is 2.10. The van der Waals surface area contributed by atoms with E-state index in [1.165, 1.54) is 0 Å². The number of alkyl halides is 1. The highest BCUT2D eigenvalue weighted by Gasteiger charge is 2.22. The summed E-state index contributed by atoms with van der Waals surface area (Å²) in [6.07, 6.45) is 1.71. The molecule has 1 saturated heterocycles. The Hall–Kier alpha value is -0.0900. The lowest BCUT2D eigenvalue weighted by Crippen LogP contribution is -2.42. The molecular weight excluding hydrogens is 244 g/mol. The molecule has 1 fully saturated rings. The third-order valence-electron chi connectivity index (χ3n) is 2.68. The predicted molar refractivity (Wildman–Crippen MR) is 61.7 cm³/mol. The highest BCUT2D eigenvalue weighted by atomic mass is 79.9. The molecule has 0 aromatic rings. The Morgan fingerprint density at radius 1 is 1.50 bits per heavy atom. The van der Waals surface area contributed by atoms with Crippen LogP contribution in [-0.4, -0.2) is 53.8 Å². The number of carbonyl (C=O) groups excluding carboxylic acids is 1. The molecule has 0 N–H and O–H groups in total. The number of amides is 1. The molecule has 82 valence electrons. The molecule has 0 spiro atoms. The second kappa shape index (κ2) is 5.71. The smallest absolute Gasteiger partial charge is 0.223 e. The van der Waals surface area contributed by atoms with Gasteiger partial charge in [-0.1, -0.05) is 15.9 Å². The molecule has 1 aliphatic heterocycles. The molecule has 14 heavy (non-hydrogen) atoms. The van der Waals surface area contributed by atoms with Crippen LogP contribution >= 0.6 is 15.9 Å². The van der Waals surface area contributed by atoms with E-state index in [9.17, 15) is 4.79 Å². The van der Waals surface area contributed by atoms with E-state index in [2.05, 4.69) is 34.8 Å². The minimum absolute atomic E-state index is 0.282. The van der Waals surface area contributed by atoms with E-state index in [0.717, 1.165) is 31.4 Å². The van der Waals surface area contributed by atoms with Gasteiger partial charge in [0, 0.05) is 30.9 Å². The first-order valence-electron chi connectivity index (χ1n) is 5.19. The zero-order chi connectivity index (χ0) is 10.6. The van der Waals surface area contributed by atoms with Crippen molar-refractivity contribution in [3.8, 4) is 0 Å². The molecule has 1 unspecified atom stereocenters. The van der Waals surface area contributed by atoms with E-state index in [4.69, 9.17) is 0 Å². The zero-order valence-electron chi connectivity index (χ0n) is 9.00. The summed E-state index contributed by atoms with van der Waals surface area (Å²) in [6.45, 7) is 5.14. The van der Waals surface area contributed by atoms with Crippen LogP contribution < -0.4 is 0 Å². The van der Waals surface area contributed by atoms with Crippen LogP contribution in [-0.2, 0) is 4.79 Å². The van der Waals surface area contributed by atoms with Gasteiger partial charge in [0.25, 0.3) is 0 Å². The van der Waals surface area contributed by atoms with Crippen LogP contribution in [0.15, 0.2) is 0 Å². The summed E-state index contributed by atoms with van der Waals surface area (Å²) in [5.74, 6) is 0.282. The van der Waals surface area contributed by atoms with Gasteiger partial charge in [-0.3, -0.25) is 4.79 Å². The molecule has 1 aliphatic rings. The zero-order valence-corrected chi connectivity index (χ0v) is 10.6. The van der Waals surface area contributed by atoms with Gasteiger partial charge in [-0.25, -0.2) is 0 Å². The van der Waals surface area contributed by atoms with Gasteiger partial charge in [0.2, 0.25) is 5.91 Å². The van der Waals surface area contributed by atoms with E-state index in [1.807, 2.05) is 4.90 Å². The maximum absolute atomic E-state index is 11.7. The van der Waals surface area contributed by atoms with Crippen LogP contribution in [0.25, 0.3) is 0 Å². The van der Waals surface area contributed by atoms with Crippen LogP contribution in [0.5, 0.6) is 0 Å². The quantitative estimate of drug-likeness (QED) is 0.702. The molecule has 1 heterocycles. The van der Waals surface area contributed by atoms with Crippen molar-refractivity contribution < 1.29 is 4.79 Å².